The van der Waals surface area contributed by atoms with Gasteiger partial charge in [0.05, 0.1) is 19.4 Å². The maximum Gasteiger partial charge on any atom is 0.341 e. The summed E-state index contributed by atoms with van der Waals surface area (Å²) in [6.45, 7) is 17.2. The molecule has 244 valence electrons. The summed E-state index contributed by atoms with van der Waals surface area (Å²) < 4.78 is 40.6. The van der Waals surface area contributed by atoms with Crippen molar-refractivity contribution in [3.63, 3.8) is 0 Å². The third-order valence-corrected chi connectivity index (χ3v) is 7.65. The summed E-state index contributed by atoms with van der Waals surface area (Å²) in [5.41, 5.74) is 3.52. The monoisotopic (exact) mass is 628 g/mol. The van der Waals surface area contributed by atoms with Gasteiger partial charge in [-0.25, -0.2) is 23.2 Å². The highest BCUT2D eigenvalue weighted by Gasteiger charge is 2.28. The second kappa shape index (κ2) is 19.0. The Balaban J connectivity index is 0.00000232. The molecule has 0 aliphatic heterocycles. The molecule has 0 saturated carbocycles. The van der Waals surface area contributed by atoms with Gasteiger partial charge in [-0.3, -0.25) is 0 Å². The number of methoxy groups -OCH3 is 1. The van der Waals surface area contributed by atoms with Gasteiger partial charge in [0.25, 0.3) is 0 Å². The number of carbonyl (C=O) groups is 1. The summed E-state index contributed by atoms with van der Waals surface area (Å²) in [7, 11) is -2.11. The van der Waals surface area contributed by atoms with Gasteiger partial charge in [0.1, 0.15) is 23.7 Å². The van der Waals surface area contributed by atoms with Gasteiger partial charge in [0, 0.05) is 17.9 Å². The van der Waals surface area contributed by atoms with Crippen molar-refractivity contribution in [2.75, 3.05) is 20.0 Å². The average Bonchev–Trinajstić information content (AvgIpc) is 3.04. The van der Waals surface area contributed by atoms with E-state index in [2.05, 4.69) is 43.7 Å². The molecule has 9 heteroatoms. The molecule has 2 aromatic carbocycles. The molecule has 0 unspecified atom stereocenters. The molecule has 0 radical (unpaired) electrons. The average molecular weight is 629 g/mol. The third kappa shape index (κ3) is 10.9. The number of carbonyl (C=O) groups excluding carboxylic acids is 1. The minimum atomic E-state index is -3.50. The molecular formula is C35H52N2O6S. The fourth-order valence-corrected chi connectivity index (χ4v) is 4.93. The Bertz CT molecular complexity index is 1400. The Morgan fingerprint density at radius 1 is 0.886 bits per heavy atom. The van der Waals surface area contributed by atoms with Crippen molar-refractivity contribution in [3.05, 3.63) is 76.6 Å². The molecule has 3 rings (SSSR count). The number of aryl methyl sites for hydroxylation is 1. The molecule has 0 amide bonds. The third-order valence-electron chi connectivity index (χ3n) is 6.79. The lowest BCUT2D eigenvalue weighted by Crippen LogP contribution is -2.21. The van der Waals surface area contributed by atoms with Crippen molar-refractivity contribution >= 4 is 15.8 Å². The number of aromatic nitrogens is 2. The first-order valence-corrected chi connectivity index (χ1v) is 17.5. The summed E-state index contributed by atoms with van der Waals surface area (Å²) in [5.74, 6) is 0.835. The molecule has 0 fully saturated rings. The second-order valence-electron chi connectivity index (χ2n) is 10.3. The molecule has 3 aromatic rings. The van der Waals surface area contributed by atoms with Gasteiger partial charge in [-0.15, -0.1) is 0 Å². The van der Waals surface area contributed by atoms with E-state index in [0.29, 0.717) is 29.4 Å². The van der Waals surface area contributed by atoms with E-state index in [0.717, 1.165) is 55.1 Å². The van der Waals surface area contributed by atoms with Gasteiger partial charge < -0.3 is 14.2 Å². The number of hydrogen-bond acceptors (Lipinski definition) is 8. The zero-order valence-electron chi connectivity index (χ0n) is 28.3. The van der Waals surface area contributed by atoms with E-state index in [4.69, 9.17) is 14.2 Å². The van der Waals surface area contributed by atoms with Crippen LogP contribution in [-0.2, 0) is 33.0 Å². The highest BCUT2D eigenvalue weighted by molar-refractivity contribution is 7.90. The number of sulfone groups is 1. The lowest BCUT2D eigenvalue weighted by molar-refractivity contribution is 0.0595. The number of hydrogen-bond donors (Lipinski definition) is 0. The minimum Gasteiger partial charge on any atom is -0.492 e. The first-order chi connectivity index (χ1) is 21.0. The van der Waals surface area contributed by atoms with E-state index in [9.17, 15) is 13.2 Å². The SMILES string of the molecule is CC.CC.CCCCCOc1c(CCC)cc(C(C)(C)c2ccc(OCc3ccnc(S(C)(=O)=O)n3)cc2)cc1C(=O)OC. The summed E-state index contributed by atoms with van der Waals surface area (Å²) in [4.78, 5) is 20.7. The molecule has 0 bridgehead atoms. The molecule has 0 aliphatic carbocycles. The van der Waals surface area contributed by atoms with Gasteiger partial charge in [-0.1, -0.05) is 92.9 Å². The largest absolute Gasteiger partial charge is 0.492 e. The predicted molar refractivity (Wildman–Crippen MR) is 178 cm³/mol. The number of rotatable bonds is 14. The van der Waals surface area contributed by atoms with Crippen LogP contribution in [0.5, 0.6) is 11.5 Å². The molecule has 44 heavy (non-hydrogen) atoms. The van der Waals surface area contributed by atoms with Crippen LogP contribution in [0.3, 0.4) is 0 Å². The topological polar surface area (TPSA) is 105 Å². The number of benzene rings is 2. The van der Waals surface area contributed by atoms with Crippen LogP contribution in [0.4, 0.5) is 0 Å². The normalized spacial score (nSPS) is 11.0. The Morgan fingerprint density at radius 3 is 2.11 bits per heavy atom. The van der Waals surface area contributed by atoms with Gasteiger partial charge in [0.2, 0.25) is 15.0 Å². The maximum atomic E-state index is 12.8. The number of ether oxygens (including phenoxy) is 3. The molecule has 1 aromatic heterocycles. The van der Waals surface area contributed by atoms with E-state index in [1.807, 2.05) is 58.0 Å². The summed E-state index contributed by atoms with van der Waals surface area (Å²) in [5, 5.41) is -0.225. The number of esters is 1. The summed E-state index contributed by atoms with van der Waals surface area (Å²) in [6, 6.07) is 13.4. The molecule has 0 spiro atoms. The van der Waals surface area contributed by atoms with E-state index >= 15 is 0 Å². The van der Waals surface area contributed by atoms with E-state index in [1.165, 1.54) is 13.3 Å². The van der Waals surface area contributed by atoms with Gasteiger partial charge in [0.15, 0.2) is 0 Å². The standard InChI is InChI=1S/C31H40N2O6S.2C2H6/c1-7-9-10-18-38-28-22(11-8-2)19-24(20-27(28)29(34)37-5)31(3,4)23-12-14-26(15-13-23)39-21-25-16-17-32-30(33-25)40(6,35)36;2*1-2/h12-17,19-20H,7-11,18,21H2,1-6H3;2*1-2H3. The lowest BCUT2D eigenvalue weighted by atomic mass is 9.76. The molecule has 8 nitrogen and oxygen atoms in total. The first-order valence-electron chi connectivity index (χ1n) is 15.6. The Morgan fingerprint density at radius 2 is 1.55 bits per heavy atom. The van der Waals surface area contributed by atoms with E-state index in [1.54, 1.807) is 6.07 Å². The second-order valence-corrected chi connectivity index (χ2v) is 12.3. The lowest BCUT2D eigenvalue weighted by Gasteiger charge is -2.28. The summed E-state index contributed by atoms with van der Waals surface area (Å²) >= 11 is 0. The van der Waals surface area contributed by atoms with Crippen molar-refractivity contribution in [3.8, 4) is 11.5 Å². The molecule has 0 atom stereocenters. The van der Waals surface area contributed by atoms with Crippen molar-refractivity contribution in [2.45, 2.75) is 105 Å². The molecule has 0 N–H and O–H groups in total. The Labute approximate surface area is 265 Å². The van der Waals surface area contributed by atoms with Crippen LogP contribution in [-0.4, -0.2) is 44.3 Å². The fraction of sp³-hybridized carbons (Fsp3) is 0.514. The molecule has 1 heterocycles. The van der Waals surface area contributed by atoms with Crippen LogP contribution in [0, 0.1) is 0 Å². The van der Waals surface area contributed by atoms with E-state index < -0.39 is 21.2 Å². The zero-order chi connectivity index (χ0) is 33.3. The highest BCUT2D eigenvalue weighted by Crippen LogP contribution is 2.38. The Kier molecular flexibility index (Phi) is 16.7. The van der Waals surface area contributed by atoms with Gasteiger partial charge in [-0.2, -0.15) is 0 Å². The molecular weight excluding hydrogens is 576 g/mol. The van der Waals surface area contributed by atoms with E-state index in [-0.39, 0.29) is 11.8 Å². The van der Waals surface area contributed by atoms with Crippen LogP contribution in [0.1, 0.15) is 114 Å². The Hall–Kier alpha value is -3.46. The van der Waals surface area contributed by atoms with Gasteiger partial charge >= 0.3 is 5.97 Å². The predicted octanol–water partition coefficient (Wildman–Crippen LogP) is 8.15. The smallest absolute Gasteiger partial charge is 0.341 e. The highest BCUT2D eigenvalue weighted by atomic mass is 32.2. The minimum absolute atomic E-state index is 0.108. The van der Waals surface area contributed by atoms with Crippen LogP contribution < -0.4 is 9.47 Å². The van der Waals surface area contributed by atoms with Crippen molar-refractivity contribution < 1.29 is 27.4 Å². The molecule has 0 aliphatic rings. The van der Waals surface area contributed by atoms with Gasteiger partial charge in [-0.05, 0) is 53.8 Å². The summed E-state index contributed by atoms with van der Waals surface area (Å²) in [6.07, 6.45) is 7.28. The van der Waals surface area contributed by atoms with Crippen LogP contribution in [0.25, 0.3) is 0 Å². The zero-order valence-corrected chi connectivity index (χ0v) is 29.1. The van der Waals surface area contributed by atoms with Crippen LogP contribution in [0.2, 0.25) is 0 Å². The maximum absolute atomic E-state index is 12.8. The fourth-order valence-electron chi connectivity index (χ4n) is 4.39. The number of nitrogens with zero attached hydrogens (tertiary/aromatic N) is 2. The van der Waals surface area contributed by atoms with Crippen molar-refractivity contribution in [1.29, 1.82) is 0 Å². The molecule has 0 saturated heterocycles. The first kappa shape index (κ1) is 38.6. The quantitative estimate of drug-likeness (QED) is 0.100. The number of unbranched alkanes of at least 4 members (excludes halogenated alkanes) is 2. The van der Waals surface area contributed by atoms with Crippen LogP contribution in [0.15, 0.2) is 53.8 Å². The van der Waals surface area contributed by atoms with Crippen LogP contribution >= 0.6 is 0 Å². The van der Waals surface area contributed by atoms with Crippen molar-refractivity contribution in [1.82, 2.24) is 9.97 Å². The van der Waals surface area contributed by atoms with Crippen molar-refractivity contribution in [2.24, 2.45) is 0 Å².